The van der Waals surface area contributed by atoms with Crippen LogP contribution in [0.15, 0.2) is 18.5 Å². The predicted octanol–water partition coefficient (Wildman–Crippen LogP) is 0.990. The Labute approximate surface area is 101 Å². The van der Waals surface area contributed by atoms with Crippen molar-refractivity contribution in [2.75, 3.05) is 11.9 Å². The molecule has 0 aromatic carbocycles. The number of ether oxygens (including phenoxy) is 1. The third kappa shape index (κ3) is 2.59. The molecular formula is C10H10FN5O2. The number of rotatable bonds is 4. The second-order valence-electron chi connectivity index (χ2n) is 3.21. The lowest BCUT2D eigenvalue weighted by atomic mass is 10.2. The molecule has 7 nitrogen and oxygen atoms in total. The molecule has 0 fully saturated rings. The number of H-pyrrole nitrogens is 1. The Morgan fingerprint density at radius 3 is 3.17 bits per heavy atom. The van der Waals surface area contributed by atoms with Gasteiger partial charge >= 0.3 is 6.01 Å². The normalized spacial score (nSPS) is 10.1. The predicted molar refractivity (Wildman–Crippen MR) is 59.7 cm³/mol. The van der Waals surface area contributed by atoms with Gasteiger partial charge in [0, 0.05) is 6.20 Å². The summed E-state index contributed by atoms with van der Waals surface area (Å²) in [5.74, 6) is -1.27. The quantitative estimate of drug-likeness (QED) is 0.845. The first-order chi connectivity index (χ1) is 8.70. The number of hydrogen-bond acceptors (Lipinski definition) is 5. The van der Waals surface area contributed by atoms with E-state index in [9.17, 15) is 9.18 Å². The van der Waals surface area contributed by atoms with E-state index in [-0.39, 0.29) is 17.5 Å². The van der Waals surface area contributed by atoms with Gasteiger partial charge in [0.15, 0.2) is 5.82 Å². The number of amides is 1. The molecule has 1 amide bonds. The number of carbonyl (C=O) groups is 1. The third-order valence-electron chi connectivity index (χ3n) is 1.99. The van der Waals surface area contributed by atoms with Crippen LogP contribution in [0.3, 0.4) is 0 Å². The molecule has 2 N–H and O–H groups in total. The van der Waals surface area contributed by atoms with Crippen molar-refractivity contribution in [3.63, 3.8) is 0 Å². The first-order valence-corrected chi connectivity index (χ1v) is 5.16. The number of aromatic amines is 1. The Balaban J connectivity index is 2.09. The Morgan fingerprint density at radius 2 is 2.44 bits per heavy atom. The zero-order valence-corrected chi connectivity index (χ0v) is 9.48. The lowest BCUT2D eigenvalue weighted by Gasteiger charge is -2.01. The number of pyridine rings is 1. The van der Waals surface area contributed by atoms with Crippen LogP contribution >= 0.6 is 0 Å². The first-order valence-electron chi connectivity index (χ1n) is 5.16. The summed E-state index contributed by atoms with van der Waals surface area (Å²) in [6.07, 6.45) is 2.28. The van der Waals surface area contributed by atoms with Crippen LogP contribution in [0, 0.1) is 5.82 Å². The summed E-state index contributed by atoms with van der Waals surface area (Å²) in [6.45, 7) is 2.19. The summed E-state index contributed by atoms with van der Waals surface area (Å²) in [5.41, 5.74) is -0.126. The molecule has 0 spiro atoms. The summed E-state index contributed by atoms with van der Waals surface area (Å²) in [7, 11) is 0. The minimum Gasteiger partial charge on any atom is -0.463 e. The van der Waals surface area contributed by atoms with Crippen LogP contribution < -0.4 is 10.1 Å². The molecule has 2 rings (SSSR count). The van der Waals surface area contributed by atoms with Gasteiger partial charge in [-0.2, -0.15) is 4.98 Å². The topological polar surface area (TPSA) is 92.8 Å². The van der Waals surface area contributed by atoms with Crippen molar-refractivity contribution in [2.45, 2.75) is 6.92 Å². The molecule has 18 heavy (non-hydrogen) atoms. The first kappa shape index (κ1) is 12.0. The Bertz CT molecular complexity index is 557. The van der Waals surface area contributed by atoms with Crippen molar-refractivity contribution in [2.24, 2.45) is 0 Å². The highest BCUT2D eigenvalue weighted by molar-refractivity contribution is 6.03. The summed E-state index contributed by atoms with van der Waals surface area (Å²) >= 11 is 0. The van der Waals surface area contributed by atoms with Crippen molar-refractivity contribution in [1.82, 2.24) is 20.2 Å². The Hall–Kier alpha value is -2.51. The van der Waals surface area contributed by atoms with Crippen LogP contribution in [0.25, 0.3) is 0 Å². The lowest BCUT2D eigenvalue weighted by Crippen LogP contribution is -2.14. The average molecular weight is 251 g/mol. The smallest absolute Gasteiger partial charge is 0.337 e. The van der Waals surface area contributed by atoms with E-state index >= 15 is 0 Å². The van der Waals surface area contributed by atoms with Gasteiger partial charge in [-0.3, -0.25) is 15.1 Å². The van der Waals surface area contributed by atoms with Crippen LogP contribution in [-0.2, 0) is 0 Å². The monoisotopic (exact) mass is 251 g/mol. The van der Waals surface area contributed by atoms with Gasteiger partial charge in [0.25, 0.3) is 5.91 Å². The van der Waals surface area contributed by atoms with Crippen molar-refractivity contribution < 1.29 is 13.9 Å². The molecule has 0 saturated heterocycles. The highest BCUT2D eigenvalue weighted by Gasteiger charge is 2.13. The maximum absolute atomic E-state index is 13.3. The molecule has 0 aliphatic heterocycles. The van der Waals surface area contributed by atoms with Gasteiger partial charge in [0.1, 0.15) is 0 Å². The van der Waals surface area contributed by atoms with Crippen molar-refractivity contribution >= 4 is 11.9 Å². The zero-order valence-electron chi connectivity index (χ0n) is 9.48. The summed E-state index contributed by atoms with van der Waals surface area (Å²) < 4.78 is 18.3. The third-order valence-corrected chi connectivity index (χ3v) is 1.99. The van der Waals surface area contributed by atoms with Gasteiger partial charge in [-0.05, 0) is 13.0 Å². The maximum atomic E-state index is 13.3. The molecule has 94 valence electrons. The summed E-state index contributed by atoms with van der Waals surface area (Å²) in [4.78, 5) is 19.1. The highest BCUT2D eigenvalue weighted by Crippen LogP contribution is 2.09. The van der Waals surface area contributed by atoms with Crippen LogP contribution in [0.2, 0.25) is 0 Å². The van der Waals surface area contributed by atoms with E-state index in [0.29, 0.717) is 6.61 Å². The second-order valence-corrected chi connectivity index (χ2v) is 3.21. The van der Waals surface area contributed by atoms with E-state index in [0.717, 1.165) is 6.20 Å². The van der Waals surface area contributed by atoms with Gasteiger partial charge in [0.2, 0.25) is 5.95 Å². The molecule has 0 aliphatic rings. The standard InChI is InChI=1S/C10H10FN5O2/c1-2-18-10-14-9(15-16-10)13-8(17)6-3-4-12-5-7(6)11/h3-5H,2H2,1H3,(H2,13,14,15,16,17). The van der Waals surface area contributed by atoms with Crippen LogP contribution in [-0.4, -0.2) is 32.7 Å². The maximum Gasteiger partial charge on any atom is 0.337 e. The SMILES string of the molecule is CCOc1n[nH]c(NC(=O)c2ccncc2F)n1. The fourth-order valence-corrected chi connectivity index (χ4v) is 1.23. The summed E-state index contributed by atoms with van der Waals surface area (Å²) in [6, 6.07) is 1.38. The number of aromatic nitrogens is 4. The molecule has 0 saturated carbocycles. The van der Waals surface area contributed by atoms with Crippen LogP contribution in [0.4, 0.5) is 10.3 Å². The van der Waals surface area contributed by atoms with E-state index < -0.39 is 11.7 Å². The van der Waals surface area contributed by atoms with Crippen molar-refractivity contribution in [3.8, 4) is 6.01 Å². The molecular weight excluding hydrogens is 241 g/mol. The molecule has 2 aromatic heterocycles. The van der Waals surface area contributed by atoms with Crippen LogP contribution in [0.1, 0.15) is 17.3 Å². The van der Waals surface area contributed by atoms with E-state index in [1.165, 1.54) is 12.3 Å². The fourth-order valence-electron chi connectivity index (χ4n) is 1.23. The lowest BCUT2D eigenvalue weighted by molar-refractivity contribution is 0.102. The zero-order chi connectivity index (χ0) is 13.0. The van der Waals surface area contributed by atoms with E-state index in [1.54, 1.807) is 6.92 Å². The number of nitrogens with zero attached hydrogens (tertiary/aromatic N) is 3. The number of halogens is 1. The molecule has 0 aliphatic carbocycles. The van der Waals surface area contributed by atoms with Gasteiger partial charge < -0.3 is 4.74 Å². The Kier molecular flexibility index (Phi) is 3.46. The van der Waals surface area contributed by atoms with E-state index in [2.05, 4.69) is 25.5 Å². The molecule has 8 heteroatoms. The molecule has 2 aromatic rings. The number of hydrogen-bond donors (Lipinski definition) is 2. The molecule has 0 unspecified atom stereocenters. The number of anilines is 1. The van der Waals surface area contributed by atoms with E-state index in [4.69, 9.17) is 4.74 Å². The van der Waals surface area contributed by atoms with E-state index in [1.807, 2.05) is 0 Å². The van der Waals surface area contributed by atoms with Crippen LogP contribution in [0.5, 0.6) is 6.01 Å². The van der Waals surface area contributed by atoms with Gasteiger partial charge in [0.05, 0.1) is 18.4 Å². The molecule has 0 radical (unpaired) electrons. The molecule has 0 bridgehead atoms. The number of nitrogens with one attached hydrogen (secondary N) is 2. The minimum absolute atomic E-state index is 0.0830. The van der Waals surface area contributed by atoms with Crippen molar-refractivity contribution in [3.05, 3.63) is 29.8 Å². The largest absolute Gasteiger partial charge is 0.463 e. The molecule has 2 heterocycles. The second kappa shape index (κ2) is 5.21. The van der Waals surface area contributed by atoms with Gasteiger partial charge in [-0.15, -0.1) is 5.10 Å². The fraction of sp³-hybridized carbons (Fsp3) is 0.200. The number of carbonyl (C=O) groups excluding carboxylic acids is 1. The molecule has 0 atom stereocenters. The van der Waals surface area contributed by atoms with Crippen molar-refractivity contribution in [1.29, 1.82) is 0 Å². The average Bonchev–Trinajstić information content (AvgIpc) is 2.77. The van der Waals surface area contributed by atoms with Gasteiger partial charge in [-0.25, -0.2) is 9.49 Å². The highest BCUT2D eigenvalue weighted by atomic mass is 19.1. The Morgan fingerprint density at radius 1 is 1.61 bits per heavy atom. The van der Waals surface area contributed by atoms with Gasteiger partial charge in [-0.1, -0.05) is 0 Å². The minimum atomic E-state index is -0.709. The summed E-state index contributed by atoms with van der Waals surface area (Å²) in [5, 5.41) is 8.51.